The maximum atomic E-state index is 4.50. The molecule has 8 heteroatoms. The summed E-state index contributed by atoms with van der Waals surface area (Å²) < 4.78 is 1.91. The fraction of sp³-hybridized carbons (Fsp3) is 0.318. The Bertz CT molecular complexity index is 932. The third-order valence-corrected chi connectivity index (χ3v) is 6.30. The van der Waals surface area contributed by atoms with E-state index in [2.05, 4.69) is 61.6 Å². The van der Waals surface area contributed by atoms with Gasteiger partial charge in [0.15, 0.2) is 5.96 Å². The number of pyridine rings is 1. The van der Waals surface area contributed by atoms with Gasteiger partial charge in [0, 0.05) is 55.9 Å². The number of benzene rings is 1. The number of hydrogen-bond acceptors (Lipinski definition) is 4. The van der Waals surface area contributed by atoms with Gasteiger partial charge in [-0.1, -0.05) is 18.2 Å². The Morgan fingerprint density at radius 1 is 1.23 bits per heavy atom. The van der Waals surface area contributed by atoms with Crippen LogP contribution >= 0.6 is 35.7 Å². The number of aliphatic imine (C=N–C) groups is 1. The van der Waals surface area contributed by atoms with Crippen LogP contribution in [0.1, 0.15) is 12.0 Å². The number of halogens is 1. The van der Waals surface area contributed by atoms with E-state index in [0.29, 0.717) is 5.92 Å². The molecule has 0 saturated carbocycles. The zero-order valence-electron chi connectivity index (χ0n) is 17.0. The molecule has 1 unspecified atom stereocenters. The zero-order chi connectivity index (χ0) is 19.9. The Kier molecular flexibility index (Phi) is 8.56. The highest BCUT2D eigenvalue weighted by Crippen LogP contribution is 2.25. The number of guanidine groups is 1. The third-order valence-electron chi connectivity index (χ3n) is 5.06. The molecule has 30 heavy (non-hydrogen) atoms. The van der Waals surface area contributed by atoms with Crippen molar-refractivity contribution in [2.45, 2.75) is 17.9 Å². The van der Waals surface area contributed by atoms with Gasteiger partial charge in [-0.3, -0.25) is 9.56 Å². The molecule has 1 atom stereocenters. The Hall–Kier alpha value is -2.07. The predicted molar refractivity (Wildman–Crippen MR) is 134 cm³/mol. The van der Waals surface area contributed by atoms with Crippen molar-refractivity contribution in [1.82, 2.24) is 24.8 Å². The number of nitrogens with one attached hydrogen (secondary N) is 1. The first-order chi connectivity index (χ1) is 14.3. The van der Waals surface area contributed by atoms with Crippen LogP contribution in [0, 0.1) is 5.92 Å². The minimum absolute atomic E-state index is 0. The molecule has 0 aliphatic carbocycles. The van der Waals surface area contributed by atoms with Crippen molar-refractivity contribution in [3.63, 3.8) is 0 Å². The van der Waals surface area contributed by atoms with Crippen LogP contribution in [0.2, 0.25) is 0 Å². The van der Waals surface area contributed by atoms with Crippen LogP contribution < -0.4 is 5.32 Å². The lowest BCUT2D eigenvalue weighted by molar-refractivity contribution is 0.474. The minimum atomic E-state index is 0. The van der Waals surface area contributed by atoms with Crippen LogP contribution in [-0.4, -0.2) is 51.3 Å². The molecule has 6 nitrogen and oxygen atoms in total. The van der Waals surface area contributed by atoms with E-state index < -0.39 is 0 Å². The summed E-state index contributed by atoms with van der Waals surface area (Å²) in [6.07, 6.45) is 8.46. The van der Waals surface area contributed by atoms with E-state index >= 15 is 0 Å². The number of nitrogens with zero attached hydrogens (tertiary/aromatic N) is 5. The Labute approximate surface area is 199 Å². The van der Waals surface area contributed by atoms with Crippen LogP contribution in [0.25, 0.3) is 5.82 Å². The molecule has 1 N–H and O–H groups in total. The van der Waals surface area contributed by atoms with E-state index in [0.717, 1.165) is 37.2 Å². The predicted octanol–water partition coefficient (Wildman–Crippen LogP) is 4.07. The molecule has 4 rings (SSSR count). The topological polar surface area (TPSA) is 58.3 Å². The molecule has 3 aromatic rings. The molecule has 2 aromatic heterocycles. The quantitative estimate of drug-likeness (QED) is 0.224. The van der Waals surface area contributed by atoms with Gasteiger partial charge in [-0.2, -0.15) is 0 Å². The molecule has 1 aliphatic heterocycles. The smallest absolute Gasteiger partial charge is 0.193 e. The standard InChI is InChI=1S/C22H26N6S.HI/c1-23-22(26-14-18-7-9-25-21(13-18)28-12-10-24-17-28)27-11-8-19(15-27)16-29-20-5-3-2-4-6-20;/h2-7,9-10,12-13,17,19H,8,11,14-16H2,1H3,(H,23,26);1H. The van der Waals surface area contributed by atoms with E-state index in [-0.39, 0.29) is 24.0 Å². The van der Waals surface area contributed by atoms with Gasteiger partial charge in [-0.15, -0.1) is 35.7 Å². The van der Waals surface area contributed by atoms with Crippen LogP contribution in [0.3, 0.4) is 0 Å². The second-order valence-electron chi connectivity index (χ2n) is 7.12. The summed E-state index contributed by atoms with van der Waals surface area (Å²) >= 11 is 1.95. The fourth-order valence-electron chi connectivity index (χ4n) is 3.51. The molecule has 0 radical (unpaired) electrons. The van der Waals surface area contributed by atoms with E-state index in [4.69, 9.17) is 0 Å². The van der Waals surface area contributed by atoms with Gasteiger partial charge in [0.2, 0.25) is 0 Å². The number of thioether (sulfide) groups is 1. The summed E-state index contributed by atoms with van der Waals surface area (Å²) in [6.45, 7) is 2.82. The van der Waals surface area contributed by atoms with Gasteiger partial charge in [0.1, 0.15) is 12.1 Å². The minimum Gasteiger partial charge on any atom is -0.352 e. The van der Waals surface area contributed by atoms with Crippen molar-refractivity contribution in [3.05, 3.63) is 72.9 Å². The van der Waals surface area contributed by atoms with Crippen LogP contribution in [-0.2, 0) is 6.54 Å². The van der Waals surface area contributed by atoms with Crippen molar-refractivity contribution in [1.29, 1.82) is 0 Å². The average molecular weight is 534 g/mol. The molecule has 0 amide bonds. The summed E-state index contributed by atoms with van der Waals surface area (Å²) in [7, 11) is 1.86. The number of rotatable bonds is 6. The molecule has 1 aliphatic rings. The molecule has 1 saturated heterocycles. The van der Waals surface area contributed by atoms with E-state index in [1.165, 1.54) is 16.9 Å². The summed E-state index contributed by atoms with van der Waals surface area (Å²) in [4.78, 5) is 16.7. The molecule has 1 aromatic carbocycles. The van der Waals surface area contributed by atoms with Gasteiger partial charge in [0.25, 0.3) is 0 Å². The first-order valence-electron chi connectivity index (χ1n) is 9.88. The van der Waals surface area contributed by atoms with Gasteiger partial charge in [0.05, 0.1) is 0 Å². The summed E-state index contributed by atoms with van der Waals surface area (Å²) in [5, 5.41) is 3.51. The number of aromatic nitrogens is 3. The van der Waals surface area contributed by atoms with E-state index in [9.17, 15) is 0 Å². The van der Waals surface area contributed by atoms with Crippen LogP contribution in [0.4, 0.5) is 0 Å². The Balaban J connectivity index is 0.00000256. The largest absolute Gasteiger partial charge is 0.352 e. The summed E-state index contributed by atoms with van der Waals surface area (Å²) in [6, 6.07) is 14.8. The lowest BCUT2D eigenvalue weighted by Crippen LogP contribution is -2.39. The average Bonchev–Trinajstić information content (AvgIpc) is 3.46. The zero-order valence-corrected chi connectivity index (χ0v) is 20.2. The highest BCUT2D eigenvalue weighted by Gasteiger charge is 2.24. The third kappa shape index (κ3) is 5.98. The fourth-order valence-corrected chi connectivity index (χ4v) is 4.56. The van der Waals surface area contributed by atoms with Gasteiger partial charge < -0.3 is 10.2 Å². The van der Waals surface area contributed by atoms with Gasteiger partial charge in [-0.05, 0) is 42.2 Å². The molecule has 3 heterocycles. The lowest BCUT2D eigenvalue weighted by atomic mass is 10.2. The maximum Gasteiger partial charge on any atom is 0.193 e. The van der Waals surface area contributed by atoms with Crippen molar-refractivity contribution in [3.8, 4) is 5.82 Å². The van der Waals surface area contributed by atoms with Crippen molar-refractivity contribution < 1.29 is 0 Å². The molecule has 158 valence electrons. The maximum absolute atomic E-state index is 4.50. The van der Waals surface area contributed by atoms with Crippen molar-refractivity contribution in [2.75, 3.05) is 25.9 Å². The number of hydrogen-bond donors (Lipinski definition) is 1. The van der Waals surface area contributed by atoms with Crippen LogP contribution in [0.5, 0.6) is 0 Å². The van der Waals surface area contributed by atoms with E-state index in [1.54, 1.807) is 12.5 Å². The molecule has 0 spiro atoms. The summed E-state index contributed by atoms with van der Waals surface area (Å²) in [5.41, 5.74) is 1.17. The lowest BCUT2D eigenvalue weighted by Gasteiger charge is -2.22. The Morgan fingerprint density at radius 3 is 2.87 bits per heavy atom. The van der Waals surface area contributed by atoms with E-state index in [1.807, 2.05) is 41.8 Å². The normalized spacial score (nSPS) is 16.4. The SMILES string of the molecule is CN=C(NCc1ccnc(-n2ccnc2)c1)N1CCC(CSc2ccccc2)C1.I. The number of likely N-dealkylation sites (tertiary alicyclic amines) is 1. The molecule has 1 fully saturated rings. The second-order valence-corrected chi connectivity index (χ2v) is 8.21. The van der Waals surface area contributed by atoms with Gasteiger partial charge in [-0.25, -0.2) is 9.97 Å². The first-order valence-corrected chi connectivity index (χ1v) is 10.9. The highest BCUT2D eigenvalue weighted by molar-refractivity contribution is 14.0. The number of imidazole rings is 1. The molecular formula is C22H27IN6S. The van der Waals surface area contributed by atoms with Crippen molar-refractivity contribution >= 4 is 41.7 Å². The van der Waals surface area contributed by atoms with Crippen molar-refractivity contribution in [2.24, 2.45) is 10.9 Å². The molecular weight excluding hydrogens is 507 g/mol. The monoisotopic (exact) mass is 534 g/mol. The first kappa shape index (κ1) is 22.6. The molecule has 0 bridgehead atoms. The highest BCUT2D eigenvalue weighted by atomic mass is 127. The van der Waals surface area contributed by atoms with Gasteiger partial charge >= 0.3 is 0 Å². The van der Waals surface area contributed by atoms with Crippen LogP contribution in [0.15, 0.2) is 77.3 Å². The second kappa shape index (κ2) is 11.4. The Morgan fingerprint density at radius 2 is 2.10 bits per heavy atom. The summed E-state index contributed by atoms with van der Waals surface area (Å²) in [5.74, 6) is 3.68.